The monoisotopic (exact) mass is 359 g/mol. The molecule has 1 fully saturated rings. The third kappa shape index (κ3) is 5.16. The lowest BCUT2D eigenvalue weighted by Gasteiger charge is -2.24. The average Bonchev–Trinajstić information content (AvgIpc) is 2.97. The molecule has 8 heteroatoms. The fraction of sp³-hybridized carbons (Fsp3) is 0.812. The molecule has 138 valence electrons. The van der Waals surface area contributed by atoms with E-state index in [0.29, 0.717) is 24.9 Å². The Morgan fingerprint density at radius 3 is 2.71 bits per heavy atom. The van der Waals surface area contributed by atoms with Crippen molar-refractivity contribution in [3.63, 3.8) is 0 Å². The second-order valence-corrected chi connectivity index (χ2v) is 6.09. The molecule has 0 bridgehead atoms. The molecule has 24 heavy (non-hydrogen) atoms. The van der Waals surface area contributed by atoms with Crippen LogP contribution in [-0.4, -0.2) is 65.7 Å². The van der Waals surface area contributed by atoms with Crippen LogP contribution in [0.2, 0.25) is 0 Å². The molecular weight excluding hydrogens is 330 g/mol. The quantitative estimate of drug-likeness (QED) is 0.766. The third-order valence-electron chi connectivity index (χ3n) is 4.42. The molecule has 1 amide bonds. The molecule has 2 heterocycles. The minimum Gasteiger partial charge on any atom is -0.383 e. The standard InChI is InChI=1S/C16H29N5O2.ClH/c1-4-5-10-20(11-12-23-3)16(22)15-13(2)21(19-18-15)14-6-8-17-9-7-14;/h14,17H,4-12H2,1-3H3;1H. The van der Waals surface area contributed by atoms with Crippen LogP contribution in [0.3, 0.4) is 0 Å². The van der Waals surface area contributed by atoms with Gasteiger partial charge in [-0.3, -0.25) is 4.79 Å². The Hall–Kier alpha value is -1.18. The first-order chi connectivity index (χ1) is 11.2. The van der Waals surface area contributed by atoms with Gasteiger partial charge in [0.1, 0.15) is 0 Å². The van der Waals surface area contributed by atoms with Crippen molar-refractivity contribution >= 4 is 18.3 Å². The van der Waals surface area contributed by atoms with Gasteiger partial charge in [-0.15, -0.1) is 17.5 Å². The number of ether oxygens (including phenoxy) is 1. The van der Waals surface area contributed by atoms with Gasteiger partial charge in [0.2, 0.25) is 0 Å². The molecular formula is C16H30ClN5O2. The summed E-state index contributed by atoms with van der Waals surface area (Å²) in [6, 6.07) is 0.341. The Bertz CT molecular complexity index is 495. The van der Waals surface area contributed by atoms with Gasteiger partial charge < -0.3 is 15.0 Å². The molecule has 1 saturated heterocycles. The number of rotatable bonds is 8. The van der Waals surface area contributed by atoms with Crippen LogP contribution < -0.4 is 5.32 Å². The summed E-state index contributed by atoms with van der Waals surface area (Å²) in [5.41, 5.74) is 1.36. The number of unbranched alkanes of at least 4 members (excludes halogenated alkanes) is 1. The highest BCUT2D eigenvalue weighted by molar-refractivity contribution is 5.93. The van der Waals surface area contributed by atoms with E-state index in [1.54, 1.807) is 7.11 Å². The highest BCUT2D eigenvalue weighted by Gasteiger charge is 2.25. The molecule has 1 N–H and O–H groups in total. The van der Waals surface area contributed by atoms with Gasteiger partial charge in [-0.05, 0) is 39.3 Å². The minimum atomic E-state index is -0.0341. The van der Waals surface area contributed by atoms with Gasteiger partial charge in [0.05, 0.1) is 18.3 Å². The van der Waals surface area contributed by atoms with Crippen LogP contribution in [0.4, 0.5) is 0 Å². The van der Waals surface area contributed by atoms with E-state index in [4.69, 9.17) is 4.74 Å². The number of aromatic nitrogens is 3. The Morgan fingerprint density at radius 1 is 1.38 bits per heavy atom. The Labute approximate surface area is 150 Å². The number of nitrogens with one attached hydrogen (secondary N) is 1. The van der Waals surface area contributed by atoms with E-state index in [0.717, 1.165) is 51.0 Å². The van der Waals surface area contributed by atoms with Gasteiger partial charge >= 0.3 is 0 Å². The van der Waals surface area contributed by atoms with E-state index in [1.807, 2.05) is 16.5 Å². The van der Waals surface area contributed by atoms with Gasteiger partial charge in [-0.25, -0.2) is 4.68 Å². The largest absolute Gasteiger partial charge is 0.383 e. The van der Waals surface area contributed by atoms with Crippen molar-refractivity contribution in [3.8, 4) is 0 Å². The van der Waals surface area contributed by atoms with E-state index in [2.05, 4.69) is 22.6 Å². The molecule has 0 saturated carbocycles. The Kier molecular flexibility index (Phi) is 9.25. The van der Waals surface area contributed by atoms with Crippen LogP contribution in [-0.2, 0) is 4.74 Å². The first-order valence-corrected chi connectivity index (χ1v) is 8.59. The molecule has 7 nitrogen and oxygen atoms in total. The molecule has 1 aliphatic heterocycles. The maximum absolute atomic E-state index is 12.8. The van der Waals surface area contributed by atoms with Crippen molar-refractivity contribution in [3.05, 3.63) is 11.4 Å². The number of hydrogen-bond acceptors (Lipinski definition) is 5. The molecule has 0 spiro atoms. The number of methoxy groups -OCH3 is 1. The van der Waals surface area contributed by atoms with Crippen LogP contribution in [0.5, 0.6) is 0 Å². The van der Waals surface area contributed by atoms with Crippen molar-refractivity contribution in [1.29, 1.82) is 0 Å². The van der Waals surface area contributed by atoms with Crippen molar-refractivity contribution in [1.82, 2.24) is 25.2 Å². The lowest BCUT2D eigenvalue weighted by molar-refractivity contribution is 0.0686. The number of carbonyl (C=O) groups is 1. The SMILES string of the molecule is CCCCN(CCOC)C(=O)c1nnn(C2CCNCC2)c1C.Cl. The van der Waals surface area contributed by atoms with Crippen LogP contribution in [0, 0.1) is 6.92 Å². The molecule has 1 aliphatic rings. The summed E-state index contributed by atoms with van der Waals surface area (Å²) >= 11 is 0. The number of nitrogens with zero attached hydrogens (tertiary/aromatic N) is 4. The summed E-state index contributed by atoms with van der Waals surface area (Å²) in [6.45, 7) is 7.92. The molecule has 0 unspecified atom stereocenters. The topological polar surface area (TPSA) is 72.3 Å². The second kappa shape index (κ2) is 10.6. The summed E-state index contributed by atoms with van der Waals surface area (Å²) in [4.78, 5) is 14.6. The predicted octanol–water partition coefficient (Wildman–Crippen LogP) is 1.82. The highest BCUT2D eigenvalue weighted by atomic mass is 35.5. The first kappa shape index (κ1) is 20.9. The molecule has 1 aromatic rings. The van der Waals surface area contributed by atoms with E-state index in [-0.39, 0.29) is 18.3 Å². The van der Waals surface area contributed by atoms with E-state index in [1.165, 1.54) is 0 Å². The average molecular weight is 360 g/mol. The van der Waals surface area contributed by atoms with Crippen molar-refractivity contribution < 1.29 is 9.53 Å². The fourth-order valence-electron chi connectivity index (χ4n) is 2.95. The Morgan fingerprint density at radius 2 is 2.08 bits per heavy atom. The maximum atomic E-state index is 12.8. The zero-order valence-electron chi connectivity index (χ0n) is 15.0. The zero-order chi connectivity index (χ0) is 16.7. The van der Waals surface area contributed by atoms with Gasteiger partial charge in [-0.2, -0.15) is 0 Å². The summed E-state index contributed by atoms with van der Waals surface area (Å²) in [5, 5.41) is 11.8. The lowest BCUT2D eigenvalue weighted by Crippen LogP contribution is -2.35. The minimum absolute atomic E-state index is 0. The maximum Gasteiger partial charge on any atom is 0.276 e. The first-order valence-electron chi connectivity index (χ1n) is 8.59. The van der Waals surface area contributed by atoms with E-state index >= 15 is 0 Å². The van der Waals surface area contributed by atoms with Gasteiger partial charge in [0.15, 0.2) is 5.69 Å². The summed E-state index contributed by atoms with van der Waals surface area (Å²) in [5.74, 6) is -0.0341. The van der Waals surface area contributed by atoms with Crippen LogP contribution in [0.1, 0.15) is 54.8 Å². The number of hydrogen-bond donors (Lipinski definition) is 1. The molecule has 2 rings (SSSR count). The smallest absolute Gasteiger partial charge is 0.276 e. The van der Waals surface area contributed by atoms with Crippen molar-refractivity contribution in [2.24, 2.45) is 0 Å². The summed E-state index contributed by atoms with van der Waals surface area (Å²) < 4.78 is 7.06. The van der Waals surface area contributed by atoms with Crippen LogP contribution in [0.25, 0.3) is 0 Å². The van der Waals surface area contributed by atoms with Crippen molar-refractivity contribution in [2.75, 3.05) is 39.9 Å². The van der Waals surface area contributed by atoms with E-state index in [9.17, 15) is 4.79 Å². The number of halogens is 1. The molecule has 1 aromatic heterocycles. The van der Waals surface area contributed by atoms with Gasteiger partial charge in [0.25, 0.3) is 5.91 Å². The number of carbonyl (C=O) groups excluding carboxylic acids is 1. The normalized spacial score (nSPS) is 15.1. The number of piperidine rings is 1. The fourth-order valence-corrected chi connectivity index (χ4v) is 2.95. The summed E-state index contributed by atoms with van der Waals surface area (Å²) in [7, 11) is 1.65. The van der Waals surface area contributed by atoms with Gasteiger partial charge in [-0.1, -0.05) is 18.6 Å². The van der Waals surface area contributed by atoms with Crippen LogP contribution >= 0.6 is 12.4 Å². The lowest BCUT2D eigenvalue weighted by atomic mass is 10.1. The highest BCUT2D eigenvalue weighted by Crippen LogP contribution is 2.21. The predicted molar refractivity (Wildman–Crippen MR) is 95.8 cm³/mol. The molecule has 0 atom stereocenters. The van der Waals surface area contributed by atoms with Gasteiger partial charge in [0, 0.05) is 20.2 Å². The number of amides is 1. The summed E-state index contributed by atoms with van der Waals surface area (Å²) in [6.07, 6.45) is 4.09. The van der Waals surface area contributed by atoms with Crippen LogP contribution in [0.15, 0.2) is 0 Å². The second-order valence-electron chi connectivity index (χ2n) is 6.09. The van der Waals surface area contributed by atoms with Crippen molar-refractivity contribution in [2.45, 2.75) is 45.6 Å². The zero-order valence-corrected chi connectivity index (χ0v) is 15.8. The van der Waals surface area contributed by atoms with E-state index < -0.39 is 0 Å². The molecule has 0 aromatic carbocycles. The molecule has 0 radical (unpaired) electrons. The molecule has 0 aliphatic carbocycles. The Balaban J connectivity index is 0.00000288. The third-order valence-corrected chi connectivity index (χ3v) is 4.42.